The lowest BCUT2D eigenvalue weighted by Crippen LogP contribution is -2.22. The van der Waals surface area contributed by atoms with Gasteiger partial charge < -0.3 is 4.52 Å². The number of nitrogens with one attached hydrogen (secondary N) is 1. The molecule has 22 heavy (non-hydrogen) atoms. The number of aryl methyl sites for hydroxylation is 3. The zero-order valence-corrected chi connectivity index (χ0v) is 13.6. The summed E-state index contributed by atoms with van der Waals surface area (Å²) in [6.45, 7) is 7.25. The first-order chi connectivity index (χ1) is 10.4. The standard InChI is InChI=1S/C15H16N4O2S/c1-8-5-9(2)17-15(12(8)7-16)22-11(4)14(20)18-13-6-10(3)19-21-13/h5-6,11H,1-4H3,(H,18,20)/t11-/m1/s1. The van der Waals surface area contributed by atoms with E-state index in [9.17, 15) is 10.1 Å². The van der Waals surface area contributed by atoms with E-state index in [1.165, 1.54) is 11.8 Å². The number of anilines is 1. The van der Waals surface area contributed by atoms with E-state index in [-0.39, 0.29) is 5.91 Å². The number of nitrogens with zero attached hydrogens (tertiary/aromatic N) is 3. The Morgan fingerprint density at radius 3 is 2.68 bits per heavy atom. The van der Waals surface area contributed by atoms with Crippen LogP contribution in [0.15, 0.2) is 21.7 Å². The fraction of sp³-hybridized carbons (Fsp3) is 0.333. The SMILES string of the molecule is Cc1cc(NC(=O)[C@@H](C)Sc2nc(C)cc(C)c2C#N)on1. The van der Waals surface area contributed by atoms with Crippen molar-refractivity contribution in [3.8, 4) is 6.07 Å². The maximum atomic E-state index is 12.2. The second kappa shape index (κ2) is 6.62. The molecule has 2 aromatic rings. The predicted molar refractivity (Wildman–Crippen MR) is 83.6 cm³/mol. The van der Waals surface area contributed by atoms with Crippen molar-refractivity contribution >= 4 is 23.6 Å². The first-order valence-corrected chi connectivity index (χ1v) is 7.58. The van der Waals surface area contributed by atoms with Gasteiger partial charge in [0.05, 0.1) is 16.5 Å². The molecule has 0 spiro atoms. The molecule has 0 saturated carbocycles. The topological polar surface area (TPSA) is 91.8 Å². The van der Waals surface area contributed by atoms with Gasteiger partial charge in [-0.3, -0.25) is 10.1 Å². The zero-order valence-electron chi connectivity index (χ0n) is 12.8. The Morgan fingerprint density at radius 2 is 2.09 bits per heavy atom. The third kappa shape index (κ3) is 3.65. The van der Waals surface area contributed by atoms with E-state index >= 15 is 0 Å². The van der Waals surface area contributed by atoms with Crippen molar-refractivity contribution in [2.75, 3.05) is 5.32 Å². The van der Waals surface area contributed by atoms with Crippen LogP contribution in [0.1, 0.15) is 29.4 Å². The van der Waals surface area contributed by atoms with Gasteiger partial charge in [0.25, 0.3) is 0 Å². The first-order valence-electron chi connectivity index (χ1n) is 6.70. The molecule has 7 heteroatoms. The average molecular weight is 316 g/mol. The third-order valence-electron chi connectivity index (χ3n) is 2.96. The molecule has 0 aliphatic rings. The van der Waals surface area contributed by atoms with Gasteiger partial charge in [0.1, 0.15) is 11.1 Å². The Bertz CT molecular complexity index is 748. The number of pyridine rings is 1. The molecule has 0 radical (unpaired) electrons. The molecular formula is C15H16N4O2S. The lowest BCUT2D eigenvalue weighted by atomic mass is 10.1. The molecule has 6 nitrogen and oxygen atoms in total. The molecule has 0 unspecified atom stereocenters. The van der Waals surface area contributed by atoms with Crippen LogP contribution in [-0.4, -0.2) is 21.3 Å². The van der Waals surface area contributed by atoms with Crippen molar-refractivity contribution in [2.45, 2.75) is 38.0 Å². The van der Waals surface area contributed by atoms with E-state index in [1.807, 2.05) is 19.9 Å². The summed E-state index contributed by atoms with van der Waals surface area (Å²) < 4.78 is 4.96. The van der Waals surface area contributed by atoms with E-state index in [1.54, 1.807) is 19.9 Å². The number of aromatic nitrogens is 2. The van der Waals surface area contributed by atoms with Crippen LogP contribution in [0.5, 0.6) is 0 Å². The molecule has 0 aromatic carbocycles. The first kappa shape index (κ1) is 16.0. The Labute approximate surface area is 132 Å². The number of hydrogen-bond acceptors (Lipinski definition) is 6. The van der Waals surface area contributed by atoms with Gasteiger partial charge in [-0.05, 0) is 39.3 Å². The monoisotopic (exact) mass is 316 g/mol. The van der Waals surface area contributed by atoms with Gasteiger partial charge in [-0.25, -0.2) is 4.98 Å². The lowest BCUT2D eigenvalue weighted by molar-refractivity contribution is -0.115. The summed E-state index contributed by atoms with van der Waals surface area (Å²) in [4.78, 5) is 16.5. The van der Waals surface area contributed by atoms with Gasteiger partial charge >= 0.3 is 0 Å². The highest BCUT2D eigenvalue weighted by Gasteiger charge is 2.20. The fourth-order valence-electron chi connectivity index (χ4n) is 1.89. The second-order valence-corrected chi connectivity index (χ2v) is 6.28. The van der Waals surface area contributed by atoms with Crippen molar-refractivity contribution in [1.82, 2.24) is 10.1 Å². The average Bonchev–Trinajstić information content (AvgIpc) is 2.83. The molecule has 0 fully saturated rings. The number of amides is 1. The lowest BCUT2D eigenvalue weighted by Gasteiger charge is -2.12. The van der Waals surface area contributed by atoms with Crippen LogP contribution >= 0.6 is 11.8 Å². The molecule has 1 amide bonds. The summed E-state index contributed by atoms with van der Waals surface area (Å²) in [6.07, 6.45) is 0. The molecule has 0 aliphatic carbocycles. The molecule has 114 valence electrons. The normalized spacial score (nSPS) is 11.8. The van der Waals surface area contributed by atoms with Crippen LogP contribution in [-0.2, 0) is 4.79 Å². The molecule has 2 heterocycles. The number of nitriles is 1. The summed E-state index contributed by atoms with van der Waals surface area (Å²) in [6, 6.07) is 5.64. The van der Waals surface area contributed by atoms with Gasteiger partial charge in [-0.15, -0.1) is 0 Å². The highest BCUT2D eigenvalue weighted by molar-refractivity contribution is 8.00. The smallest absolute Gasteiger partial charge is 0.240 e. The summed E-state index contributed by atoms with van der Waals surface area (Å²) in [5.41, 5.74) is 2.87. The number of rotatable bonds is 4. The van der Waals surface area contributed by atoms with Crippen LogP contribution in [0.3, 0.4) is 0 Å². The minimum atomic E-state index is -0.425. The van der Waals surface area contributed by atoms with E-state index in [2.05, 4.69) is 21.5 Å². The number of carbonyl (C=O) groups is 1. The highest BCUT2D eigenvalue weighted by atomic mass is 32.2. The third-order valence-corrected chi connectivity index (χ3v) is 4.04. The van der Waals surface area contributed by atoms with Crippen molar-refractivity contribution in [1.29, 1.82) is 5.26 Å². The van der Waals surface area contributed by atoms with Crippen LogP contribution in [0.4, 0.5) is 5.88 Å². The summed E-state index contributed by atoms with van der Waals surface area (Å²) in [5, 5.41) is 15.8. The Kier molecular flexibility index (Phi) is 4.83. The molecular weight excluding hydrogens is 300 g/mol. The maximum Gasteiger partial charge on any atom is 0.240 e. The molecule has 0 aliphatic heterocycles. The van der Waals surface area contributed by atoms with Crippen molar-refractivity contribution in [3.05, 3.63) is 34.6 Å². The Hall–Kier alpha value is -2.33. The fourth-order valence-corrected chi connectivity index (χ4v) is 2.91. The van der Waals surface area contributed by atoms with Crippen LogP contribution in [0.2, 0.25) is 0 Å². The Balaban J connectivity index is 2.13. The number of hydrogen-bond donors (Lipinski definition) is 1. The van der Waals surface area contributed by atoms with E-state index in [4.69, 9.17) is 4.52 Å². The maximum absolute atomic E-state index is 12.2. The highest BCUT2D eigenvalue weighted by Crippen LogP contribution is 2.28. The molecule has 1 N–H and O–H groups in total. The van der Waals surface area contributed by atoms with Crippen LogP contribution in [0, 0.1) is 32.1 Å². The van der Waals surface area contributed by atoms with Gasteiger partial charge in [0.2, 0.25) is 11.8 Å². The summed E-state index contributed by atoms with van der Waals surface area (Å²) >= 11 is 1.25. The minimum Gasteiger partial charge on any atom is -0.338 e. The van der Waals surface area contributed by atoms with Crippen molar-refractivity contribution < 1.29 is 9.32 Å². The van der Waals surface area contributed by atoms with Gasteiger partial charge in [-0.2, -0.15) is 5.26 Å². The van der Waals surface area contributed by atoms with E-state index in [0.717, 1.165) is 11.3 Å². The van der Waals surface area contributed by atoms with Gasteiger partial charge in [0, 0.05) is 11.8 Å². The second-order valence-electron chi connectivity index (χ2n) is 4.95. The quantitative estimate of drug-likeness (QED) is 0.872. The molecule has 2 aromatic heterocycles. The number of carbonyl (C=O) groups excluding carboxylic acids is 1. The van der Waals surface area contributed by atoms with Gasteiger partial charge in [0.15, 0.2) is 0 Å². The minimum absolute atomic E-state index is 0.231. The zero-order chi connectivity index (χ0) is 16.3. The number of thioether (sulfide) groups is 1. The molecule has 0 bridgehead atoms. The van der Waals surface area contributed by atoms with Crippen molar-refractivity contribution in [3.63, 3.8) is 0 Å². The molecule has 1 atom stereocenters. The summed E-state index contributed by atoms with van der Waals surface area (Å²) in [7, 11) is 0. The van der Waals surface area contributed by atoms with Crippen molar-refractivity contribution in [2.24, 2.45) is 0 Å². The largest absolute Gasteiger partial charge is 0.338 e. The van der Waals surface area contributed by atoms with Crippen LogP contribution < -0.4 is 5.32 Å². The van der Waals surface area contributed by atoms with Crippen LogP contribution in [0.25, 0.3) is 0 Å². The predicted octanol–water partition coefficient (Wildman–Crippen LogP) is 2.99. The Morgan fingerprint density at radius 1 is 1.36 bits per heavy atom. The van der Waals surface area contributed by atoms with E-state index in [0.29, 0.717) is 22.2 Å². The van der Waals surface area contributed by atoms with Gasteiger partial charge in [-0.1, -0.05) is 16.9 Å². The summed E-state index contributed by atoms with van der Waals surface area (Å²) in [5.74, 6) is 0.0786. The molecule has 0 saturated heterocycles. The molecule has 2 rings (SSSR count). The van der Waals surface area contributed by atoms with E-state index < -0.39 is 5.25 Å².